The quantitative estimate of drug-likeness (QED) is 0.718. The lowest BCUT2D eigenvalue weighted by molar-refractivity contribution is 0.124. The van der Waals surface area contributed by atoms with Gasteiger partial charge in [-0.15, -0.1) is 0 Å². The highest BCUT2D eigenvalue weighted by molar-refractivity contribution is 4.92. The molecule has 3 heteroatoms. The van der Waals surface area contributed by atoms with E-state index in [9.17, 15) is 0 Å². The molecule has 0 aliphatic heterocycles. The molecular weight excluding hydrogens is 188 g/mol. The van der Waals surface area contributed by atoms with Crippen LogP contribution in [0.5, 0.6) is 0 Å². The van der Waals surface area contributed by atoms with E-state index in [1.165, 1.54) is 12.8 Å². The Labute approximate surface area is 91.5 Å². The molecule has 1 atom stereocenters. The molecule has 1 aromatic heterocycles. The van der Waals surface area contributed by atoms with Crippen LogP contribution in [-0.2, 0) is 17.9 Å². The van der Waals surface area contributed by atoms with Crippen molar-refractivity contribution in [3.05, 3.63) is 18.2 Å². The standard InChI is InChI=1S/C12H20N2O/c1-3-15-9-12-13-6-7-14(12)8-10(2)11-4-5-11/h6-7,10-11H,3-5,8-9H2,1-2H3. The Hall–Kier alpha value is -0.830. The van der Waals surface area contributed by atoms with Crippen LogP contribution >= 0.6 is 0 Å². The molecule has 1 aromatic rings. The molecule has 0 aromatic carbocycles. The van der Waals surface area contributed by atoms with Crippen molar-refractivity contribution < 1.29 is 4.74 Å². The summed E-state index contributed by atoms with van der Waals surface area (Å²) in [7, 11) is 0. The zero-order valence-electron chi connectivity index (χ0n) is 9.65. The van der Waals surface area contributed by atoms with Crippen LogP contribution in [0, 0.1) is 11.8 Å². The minimum Gasteiger partial charge on any atom is -0.374 e. The van der Waals surface area contributed by atoms with Crippen LogP contribution < -0.4 is 0 Å². The smallest absolute Gasteiger partial charge is 0.134 e. The monoisotopic (exact) mass is 208 g/mol. The van der Waals surface area contributed by atoms with Gasteiger partial charge in [-0.1, -0.05) is 6.92 Å². The van der Waals surface area contributed by atoms with Gasteiger partial charge in [-0.3, -0.25) is 0 Å². The normalized spacial score (nSPS) is 18.0. The van der Waals surface area contributed by atoms with Crippen molar-refractivity contribution in [1.82, 2.24) is 9.55 Å². The summed E-state index contributed by atoms with van der Waals surface area (Å²) in [6.07, 6.45) is 6.76. The van der Waals surface area contributed by atoms with Gasteiger partial charge in [0.15, 0.2) is 0 Å². The van der Waals surface area contributed by atoms with Gasteiger partial charge in [0.25, 0.3) is 0 Å². The number of rotatable bonds is 6. The van der Waals surface area contributed by atoms with Crippen LogP contribution in [0.15, 0.2) is 12.4 Å². The summed E-state index contributed by atoms with van der Waals surface area (Å²) in [5, 5.41) is 0. The number of hydrogen-bond acceptors (Lipinski definition) is 2. The maximum Gasteiger partial charge on any atom is 0.134 e. The number of ether oxygens (including phenoxy) is 1. The minimum atomic E-state index is 0.640. The fraction of sp³-hybridized carbons (Fsp3) is 0.750. The van der Waals surface area contributed by atoms with Crippen LogP contribution in [0.3, 0.4) is 0 Å². The molecule has 15 heavy (non-hydrogen) atoms. The topological polar surface area (TPSA) is 27.1 Å². The molecule has 0 N–H and O–H groups in total. The molecule has 0 radical (unpaired) electrons. The third kappa shape index (κ3) is 2.81. The third-order valence-electron chi connectivity index (χ3n) is 3.15. The number of aromatic nitrogens is 2. The Morgan fingerprint density at radius 1 is 1.60 bits per heavy atom. The van der Waals surface area contributed by atoms with Gasteiger partial charge in [-0.25, -0.2) is 4.98 Å². The molecule has 3 nitrogen and oxygen atoms in total. The first-order chi connectivity index (χ1) is 7.31. The molecule has 1 aliphatic carbocycles. The second kappa shape index (κ2) is 4.79. The van der Waals surface area contributed by atoms with E-state index in [0.717, 1.165) is 30.8 Å². The fourth-order valence-electron chi connectivity index (χ4n) is 1.96. The third-order valence-corrected chi connectivity index (χ3v) is 3.15. The summed E-state index contributed by atoms with van der Waals surface area (Å²) in [5.74, 6) is 2.79. The van der Waals surface area contributed by atoms with Gasteiger partial charge in [-0.2, -0.15) is 0 Å². The number of hydrogen-bond donors (Lipinski definition) is 0. The molecule has 1 unspecified atom stereocenters. The molecule has 2 rings (SSSR count). The maximum absolute atomic E-state index is 5.39. The molecular formula is C12H20N2O. The molecule has 0 saturated heterocycles. The first-order valence-electron chi connectivity index (χ1n) is 5.89. The molecule has 0 amide bonds. The van der Waals surface area contributed by atoms with Gasteiger partial charge in [0, 0.05) is 25.5 Å². The lowest BCUT2D eigenvalue weighted by Crippen LogP contribution is -2.12. The summed E-state index contributed by atoms with van der Waals surface area (Å²) in [6, 6.07) is 0. The average molecular weight is 208 g/mol. The Kier molecular flexibility index (Phi) is 3.41. The van der Waals surface area contributed by atoms with E-state index in [0.29, 0.717) is 6.61 Å². The molecule has 1 fully saturated rings. The second-order valence-electron chi connectivity index (χ2n) is 4.45. The maximum atomic E-state index is 5.39. The van der Waals surface area contributed by atoms with Crippen molar-refractivity contribution in [2.45, 2.75) is 39.8 Å². The van der Waals surface area contributed by atoms with Crippen molar-refractivity contribution in [2.24, 2.45) is 11.8 Å². The van der Waals surface area contributed by atoms with Gasteiger partial charge in [0.2, 0.25) is 0 Å². The Bertz CT molecular complexity index is 304. The van der Waals surface area contributed by atoms with Crippen LogP contribution in [0.2, 0.25) is 0 Å². The molecule has 1 saturated carbocycles. The molecule has 1 aliphatic rings. The average Bonchev–Trinajstić information content (AvgIpc) is 2.99. The fourth-order valence-corrected chi connectivity index (χ4v) is 1.96. The van der Waals surface area contributed by atoms with Crippen LogP contribution in [0.4, 0.5) is 0 Å². The van der Waals surface area contributed by atoms with Gasteiger partial charge >= 0.3 is 0 Å². The van der Waals surface area contributed by atoms with E-state index >= 15 is 0 Å². The van der Waals surface area contributed by atoms with Crippen molar-refractivity contribution in [1.29, 1.82) is 0 Å². The van der Waals surface area contributed by atoms with Crippen LogP contribution in [-0.4, -0.2) is 16.2 Å². The zero-order valence-corrected chi connectivity index (χ0v) is 9.65. The SMILES string of the molecule is CCOCc1nccn1CC(C)C1CC1. The second-order valence-corrected chi connectivity index (χ2v) is 4.45. The Balaban J connectivity index is 1.91. The molecule has 1 heterocycles. The highest BCUT2D eigenvalue weighted by atomic mass is 16.5. The summed E-state index contributed by atoms with van der Waals surface area (Å²) in [4.78, 5) is 4.32. The van der Waals surface area contributed by atoms with Crippen molar-refractivity contribution >= 4 is 0 Å². The van der Waals surface area contributed by atoms with Gasteiger partial charge in [0.1, 0.15) is 12.4 Å². The minimum absolute atomic E-state index is 0.640. The zero-order chi connectivity index (χ0) is 10.7. The van der Waals surface area contributed by atoms with Gasteiger partial charge in [0.05, 0.1) is 0 Å². The number of nitrogens with zero attached hydrogens (tertiary/aromatic N) is 2. The molecule has 84 valence electrons. The summed E-state index contributed by atoms with van der Waals surface area (Å²) in [5.41, 5.74) is 0. The summed E-state index contributed by atoms with van der Waals surface area (Å²) < 4.78 is 7.63. The van der Waals surface area contributed by atoms with Crippen molar-refractivity contribution in [3.8, 4) is 0 Å². The van der Waals surface area contributed by atoms with Crippen LogP contribution in [0.1, 0.15) is 32.5 Å². The van der Waals surface area contributed by atoms with E-state index in [4.69, 9.17) is 4.74 Å². The van der Waals surface area contributed by atoms with Crippen LogP contribution in [0.25, 0.3) is 0 Å². The highest BCUT2D eigenvalue weighted by Crippen LogP contribution is 2.37. The first-order valence-corrected chi connectivity index (χ1v) is 5.89. The van der Waals surface area contributed by atoms with E-state index in [1.54, 1.807) is 0 Å². The van der Waals surface area contributed by atoms with Gasteiger partial charge in [-0.05, 0) is 31.6 Å². The van der Waals surface area contributed by atoms with E-state index in [1.807, 2.05) is 13.1 Å². The number of imidazole rings is 1. The van der Waals surface area contributed by atoms with Gasteiger partial charge < -0.3 is 9.30 Å². The van der Waals surface area contributed by atoms with Crippen molar-refractivity contribution in [3.63, 3.8) is 0 Å². The lowest BCUT2D eigenvalue weighted by atomic mass is 10.1. The van der Waals surface area contributed by atoms with E-state index in [2.05, 4.69) is 22.7 Å². The summed E-state index contributed by atoms with van der Waals surface area (Å²) >= 11 is 0. The van der Waals surface area contributed by atoms with E-state index in [-0.39, 0.29) is 0 Å². The van der Waals surface area contributed by atoms with E-state index < -0.39 is 0 Å². The largest absolute Gasteiger partial charge is 0.374 e. The van der Waals surface area contributed by atoms with Crippen molar-refractivity contribution in [2.75, 3.05) is 6.61 Å². The molecule has 0 spiro atoms. The lowest BCUT2D eigenvalue weighted by Gasteiger charge is -2.13. The predicted molar refractivity (Wildman–Crippen MR) is 59.4 cm³/mol. The molecule has 0 bridgehead atoms. The highest BCUT2D eigenvalue weighted by Gasteiger charge is 2.28. The summed E-state index contributed by atoms with van der Waals surface area (Å²) in [6.45, 7) is 6.83. The first kappa shape index (κ1) is 10.7. The Morgan fingerprint density at radius 2 is 2.40 bits per heavy atom. The predicted octanol–water partition coefficient (Wildman–Crippen LogP) is 2.47. The Morgan fingerprint density at radius 3 is 3.07 bits per heavy atom.